The number of rotatable bonds is 2. The fourth-order valence-corrected chi connectivity index (χ4v) is 2.49. The summed E-state index contributed by atoms with van der Waals surface area (Å²) in [7, 11) is -0.517. The van der Waals surface area contributed by atoms with E-state index in [1.165, 1.54) is 6.07 Å². The summed E-state index contributed by atoms with van der Waals surface area (Å²) >= 11 is 3.21. The molecule has 6 heteroatoms. The molecule has 0 radical (unpaired) electrons. The predicted octanol–water partition coefficient (Wildman–Crippen LogP) is 4.33. The molecule has 0 aliphatic carbocycles. The standard InChI is InChI=1S/C15H19BBrFO3/c1-9(16-20-14(2,3)15(4,5)21-16)6-10-7-11(17)8-12(18)13(10)19/h6-8,19H,1-5H3/b9-6-. The Kier molecular flexibility index (Phi) is 4.26. The van der Waals surface area contributed by atoms with Gasteiger partial charge in [-0.3, -0.25) is 0 Å². The van der Waals surface area contributed by atoms with Crippen LogP contribution < -0.4 is 0 Å². The molecule has 0 saturated carbocycles. The van der Waals surface area contributed by atoms with Gasteiger partial charge >= 0.3 is 7.12 Å². The normalized spacial score (nSPS) is 20.9. The highest BCUT2D eigenvalue weighted by Crippen LogP contribution is 2.39. The number of halogens is 2. The molecule has 2 rings (SSSR count). The van der Waals surface area contributed by atoms with Gasteiger partial charge < -0.3 is 14.4 Å². The van der Waals surface area contributed by atoms with Crippen LogP contribution in [0.3, 0.4) is 0 Å². The van der Waals surface area contributed by atoms with Crippen molar-refractivity contribution in [2.24, 2.45) is 0 Å². The van der Waals surface area contributed by atoms with Crippen molar-refractivity contribution in [1.82, 2.24) is 0 Å². The Morgan fingerprint density at radius 1 is 1.24 bits per heavy atom. The van der Waals surface area contributed by atoms with Gasteiger partial charge in [0, 0.05) is 10.0 Å². The van der Waals surface area contributed by atoms with Gasteiger partial charge in [-0.05, 0) is 52.2 Å². The number of benzene rings is 1. The molecule has 0 bridgehead atoms. The van der Waals surface area contributed by atoms with E-state index in [-0.39, 0.29) is 5.75 Å². The summed E-state index contributed by atoms with van der Waals surface area (Å²) < 4.78 is 25.9. The fourth-order valence-electron chi connectivity index (χ4n) is 2.04. The summed E-state index contributed by atoms with van der Waals surface area (Å²) in [6, 6.07) is 2.87. The minimum atomic E-state index is -0.669. The van der Waals surface area contributed by atoms with Crippen molar-refractivity contribution in [3.05, 3.63) is 33.5 Å². The van der Waals surface area contributed by atoms with Crippen LogP contribution in [-0.2, 0) is 9.31 Å². The van der Waals surface area contributed by atoms with Crippen molar-refractivity contribution in [2.45, 2.75) is 45.8 Å². The third-order valence-corrected chi connectivity index (χ3v) is 4.52. The number of hydrogen-bond acceptors (Lipinski definition) is 3. The zero-order valence-electron chi connectivity index (χ0n) is 12.8. The number of aromatic hydroxyl groups is 1. The van der Waals surface area contributed by atoms with E-state index in [2.05, 4.69) is 15.9 Å². The van der Waals surface area contributed by atoms with Crippen molar-refractivity contribution in [1.29, 1.82) is 0 Å². The van der Waals surface area contributed by atoms with E-state index in [9.17, 15) is 9.50 Å². The highest BCUT2D eigenvalue weighted by Gasteiger charge is 2.51. The summed E-state index contributed by atoms with van der Waals surface area (Å²) in [5.74, 6) is -1.05. The Labute approximate surface area is 133 Å². The molecule has 1 saturated heterocycles. The van der Waals surface area contributed by atoms with Crippen LogP contribution in [0.1, 0.15) is 40.2 Å². The van der Waals surface area contributed by atoms with Crippen molar-refractivity contribution < 1.29 is 18.8 Å². The molecule has 1 fully saturated rings. The molecule has 1 heterocycles. The maximum absolute atomic E-state index is 13.5. The Balaban J connectivity index is 2.32. The quantitative estimate of drug-likeness (QED) is 0.801. The van der Waals surface area contributed by atoms with E-state index in [0.29, 0.717) is 10.0 Å². The van der Waals surface area contributed by atoms with Crippen LogP contribution in [0.25, 0.3) is 6.08 Å². The average molecular weight is 357 g/mol. The van der Waals surface area contributed by atoms with Gasteiger partial charge in [-0.2, -0.15) is 0 Å². The first-order chi connectivity index (χ1) is 9.53. The van der Waals surface area contributed by atoms with Crippen molar-refractivity contribution in [2.75, 3.05) is 0 Å². The lowest BCUT2D eigenvalue weighted by atomic mass is 9.78. The third kappa shape index (κ3) is 3.17. The zero-order chi connectivity index (χ0) is 16.0. The lowest BCUT2D eigenvalue weighted by Gasteiger charge is -2.32. The van der Waals surface area contributed by atoms with Crippen LogP contribution >= 0.6 is 15.9 Å². The van der Waals surface area contributed by atoms with E-state index in [1.54, 1.807) is 12.1 Å². The molecule has 1 aliphatic heterocycles. The second-order valence-electron chi connectivity index (χ2n) is 6.30. The Morgan fingerprint density at radius 2 is 1.76 bits per heavy atom. The first-order valence-corrected chi connectivity index (χ1v) is 7.54. The highest BCUT2D eigenvalue weighted by molar-refractivity contribution is 9.10. The van der Waals surface area contributed by atoms with Crippen LogP contribution in [-0.4, -0.2) is 23.4 Å². The maximum atomic E-state index is 13.5. The van der Waals surface area contributed by atoms with Gasteiger partial charge in [0.1, 0.15) is 0 Å². The largest absolute Gasteiger partial charge is 0.504 e. The Bertz CT molecular complexity index is 583. The monoisotopic (exact) mass is 356 g/mol. The Morgan fingerprint density at radius 3 is 2.29 bits per heavy atom. The number of phenols is 1. The third-order valence-electron chi connectivity index (χ3n) is 4.07. The second-order valence-corrected chi connectivity index (χ2v) is 7.22. The fraction of sp³-hybridized carbons (Fsp3) is 0.467. The smallest absolute Gasteiger partial charge is 0.490 e. The number of hydrogen-bond donors (Lipinski definition) is 1. The second kappa shape index (κ2) is 5.41. The summed E-state index contributed by atoms with van der Waals surface area (Å²) in [6.07, 6.45) is 1.67. The molecule has 114 valence electrons. The highest BCUT2D eigenvalue weighted by atomic mass is 79.9. The zero-order valence-corrected chi connectivity index (χ0v) is 14.4. The minimum absolute atomic E-state index is 0.380. The number of allylic oxidation sites excluding steroid dienone is 1. The Hall–Kier alpha value is -0.845. The van der Waals surface area contributed by atoms with Gasteiger partial charge in [-0.1, -0.05) is 22.0 Å². The van der Waals surface area contributed by atoms with E-state index < -0.39 is 24.1 Å². The van der Waals surface area contributed by atoms with Crippen LogP contribution in [0.15, 0.2) is 22.1 Å². The van der Waals surface area contributed by atoms with Crippen LogP contribution in [0, 0.1) is 5.82 Å². The van der Waals surface area contributed by atoms with Gasteiger partial charge in [-0.25, -0.2) is 4.39 Å². The summed E-state index contributed by atoms with van der Waals surface area (Å²) in [4.78, 5) is 0. The molecule has 0 unspecified atom stereocenters. The molecule has 1 aromatic rings. The predicted molar refractivity (Wildman–Crippen MR) is 85.5 cm³/mol. The van der Waals surface area contributed by atoms with Crippen LogP contribution in [0.2, 0.25) is 0 Å². The van der Waals surface area contributed by atoms with Crippen LogP contribution in [0.4, 0.5) is 4.39 Å². The van der Waals surface area contributed by atoms with Crippen molar-refractivity contribution in [3.8, 4) is 5.75 Å². The topological polar surface area (TPSA) is 38.7 Å². The molecule has 0 spiro atoms. The number of phenolic OH excluding ortho intramolecular Hbond substituents is 1. The van der Waals surface area contributed by atoms with Gasteiger partial charge in [-0.15, -0.1) is 0 Å². The van der Waals surface area contributed by atoms with E-state index in [0.717, 1.165) is 5.47 Å². The minimum Gasteiger partial charge on any atom is -0.504 e. The van der Waals surface area contributed by atoms with Crippen molar-refractivity contribution >= 4 is 29.1 Å². The molecular formula is C15H19BBrFO3. The van der Waals surface area contributed by atoms with Gasteiger partial charge in [0.15, 0.2) is 11.6 Å². The van der Waals surface area contributed by atoms with Gasteiger partial charge in [0.05, 0.1) is 11.2 Å². The first-order valence-electron chi connectivity index (χ1n) is 6.75. The lowest BCUT2D eigenvalue weighted by Crippen LogP contribution is -2.41. The lowest BCUT2D eigenvalue weighted by molar-refractivity contribution is 0.00578. The summed E-state index contributed by atoms with van der Waals surface area (Å²) in [5, 5.41) is 9.80. The van der Waals surface area contributed by atoms with E-state index >= 15 is 0 Å². The molecular weight excluding hydrogens is 338 g/mol. The van der Waals surface area contributed by atoms with Crippen LogP contribution in [0.5, 0.6) is 5.75 Å². The average Bonchev–Trinajstić information content (AvgIpc) is 2.55. The van der Waals surface area contributed by atoms with E-state index in [4.69, 9.17) is 9.31 Å². The molecule has 0 aromatic heterocycles. The van der Waals surface area contributed by atoms with Gasteiger partial charge in [0.25, 0.3) is 0 Å². The summed E-state index contributed by atoms with van der Waals surface area (Å²) in [6.45, 7) is 9.71. The maximum Gasteiger partial charge on any atom is 0.490 e. The molecule has 1 aromatic carbocycles. The molecule has 21 heavy (non-hydrogen) atoms. The SMILES string of the molecule is C/C(=C/c1cc(Br)cc(F)c1O)B1OC(C)(C)C(C)(C)O1. The van der Waals surface area contributed by atoms with E-state index in [1.807, 2.05) is 34.6 Å². The first kappa shape index (κ1) is 16.5. The molecule has 0 amide bonds. The molecule has 1 aliphatic rings. The molecule has 0 atom stereocenters. The van der Waals surface area contributed by atoms with Crippen molar-refractivity contribution in [3.63, 3.8) is 0 Å². The summed E-state index contributed by atoms with van der Waals surface area (Å²) in [5.41, 5.74) is 0.282. The molecule has 3 nitrogen and oxygen atoms in total. The van der Waals surface area contributed by atoms with Gasteiger partial charge in [0.2, 0.25) is 0 Å². The molecule has 1 N–H and O–H groups in total.